The van der Waals surface area contributed by atoms with Crippen molar-refractivity contribution in [3.05, 3.63) is 59.7 Å². The Morgan fingerprint density at radius 3 is 2.32 bits per heavy atom. The van der Waals surface area contributed by atoms with Crippen molar-refractivity contribution < 1.29 is 9.59 Å². The number of carbonyl (C=O) groups is 2. The van der Waals surface area contributed by atoms with Crippen LogP contribution in [0.25, 0.3) is 0 Å². The Bertz CT molecular complexity index is 809. The number of aryl methyl sites for hydroxylation is 1. The molecule has 0 spiro atoms. The van der Waals surface area contributed by atoms with Crippen molar-refractivity contribution in [1.82, 2.24) is 4.90 Å². The molecule has 4 N–H and O–H groups in total. The van der Waals surface area contributed by atoms with Crippen LogP contribution in [0, 0.1) is 12.3 Å². The Morgan fingerprint density at radius 2 is 1.71 bits per heavy atom. The summed E-state index contributed by atoms with van der Waals surface area (Å²) in [5, 5.41) is 5.58. The number of carbonyl (C=O) groups excluding carboxylic acids is 2. The maximum Gasteiger partial charge on any atom is 0.323 e. The predicted molar refractivity (Wildman–Crippen MR) is 117 cm³/mol. The maximum atomic E-state index is 12.7. The van der Waals surface area contributed by atoms with Gasteiger partial charge >= 0.3 is 6.03 Å². The molecule has 0 aromatic heterocycles. The third-order valence-electron chi connectivity index (χ3n) is 4.33. The van der Waals surface area contributed by atoms with Crippen molar-refractivity contribution in [3.63, 3.8) is 0 Å². The van der Waals surface area contributed by atoms with E-state index in [1.807, 2.05) is 45.0 Å². The van der Waals surface area contributed by atoms with Gasteiger partial charge in [0.25, 0.3) is 5.91 Å². The van der Waals surface area contributed by atoms with Gasteiger partial charge in [0.05, 0.1) is 0 Å². The largest absolute Gasteiger partial charge is 0.341 e. The maximum absolute atomic E-state index is 12.7. The number of halogens is 1. The molecule has 152 valence electrons. The first-order valence-electron chi connectivity index (χ1n) is 8.91. The number of nitrogens with one attached hydrogen (secondary N) is 2. The molecule has 0 radical (unpaired) electrons. The van der Waals surface area contributed by atoms with Crippen LogP contribution in [0.15, 0.2) is 48.5 Å². The van der Waals surface area contributed by atoms with Gasteiger partial charge in [-0.25, -0.2) is 4.79 Å². The van der Waals surface area contributed by atoms with Crippen molar-refractivity contribution in [1.29, 1.82) is 0 Å². The van der Waals surface area contributed by atoms with Crippen LogP contribution in [-0.2, 0) is 0 Å². The quantitative estimate of drug-likeness (QED) is 0.676. The first-order chi connectivity index (χ1) is 12.7. The van der Waals surface area contributed by atoms with E-state index in [0.717, 1.165) is 5.56 Å². The normalized spacial score (nSPS) is 10.6. The molecule has 0 fully saturated rings. The molecule has 0 aliphatic carbocycles. The Labute approximate surface area is 172 Å². The van der Waals surface area contributed by atoms with Crippen molar-refractivity contribution in [3.8, 4) is 0 Å². The fourth-order valence-corrected chi connectivity index (χ4v) is 2.69. The van der Waals surface area contributed by atoms with Crippen molar-refractivity contribution >= 4 is 35.7 Å². The molecule has 0 aliphatic rings. The first-order valence-corrected chi connectivity index (χ1v) is 8.91. The van der Waals surface area contributed by atoms with Gasteiger partial charge in [-0.2, -0.15) is 0 Å². The summed E-state index contributed by atoms with van der Waals surface area (Å²) in [5.41, 5.74) is 8.29. The van der Waals surface area contributed by atoms with Gasteiger partial charge in [0.15, 0.2) is 0 Å². The zero-order valence-electron chi connectivity index (χ0n) is 16.8. The van der Waals surface area contributed by atoms with Gasteiger partial charge in [-0.05, 0) is 48.7 Å². The van der Waals surface area contributed by atoms with E-state index in [0.29, 0.717) is 30.0 Å². The van der Waals surface area contributed by atoms with Gasteiger partial charge in [0.1, 0.15) is 0 Å². The highest BCUT2D eigenvalue weighted by atomic mass is 35.5. The van der Waals surface area contributed by atoms with Gasteiger partial charge in [-0.3, -0.25) is 4.79 Å². The van der Waals surface area contributed by atoms with Gasteiger partial charge in [0, 0.05) is 30.5 Å². The lowest BCUT2D eigenvalue weighted by Gasteiger charge is -2.29. The number of nitrogens with zero attached hydrogens (tertiary/aromatic N) is 1. The van der Waals surface area contributed by atoms with Gasteiger partial charge in [-0.1, -0.05) is 38.1 Å². The van der Waals surface area contributed by atoms with E-state index < -0.39 is 0 Å². The monoisotopic (exact) mass is 404 g/mol. The van der Waals surface area contributed by atoms with Crippen LogP contribution in [0.3, 0.4) is 0 Å². The Morgan fingerprint density at radius 1 is 1.07 bits per heavy atom. The fourth-order valence-electron chi connectivity index (χ4n) is 2.69. The molecule has 0 atom stereocenters. The van der Waals surface area contributed by atoms with E-state index in [2.05, 4.69) is 10.6 Å². The van der Waals surface area contributed by atoms with E-state index in [1.165, 1.54) is 0 Å². The van der Waals surface area contributed by atoms with Crippen LogP contribution < -0.4 is 16.4 Å². The van der Waals surface area contributed by atoms with E-state index >= 15 is 0 Å². The minimum absolute atomic E-state index is 0. The molecule has 0 saturated carbocycles. The van der Waals surface area contributed by atoms with Crippen LogP contribution in [0.5, 0.6) is 0 Å². The van der Waals surface area contributed by atoms with E-state index in [9.17, 15) is 9.59 Å². The summed E-state index contributed by atoms with van der Waals surface area (Å²) in [5.74, 6) is -0.108. The summed E-state index contributed by atoms with van der Waals surface area (Å²) in [6.07, 6.45) is 0. The van der Waals surface area contributed by atoms with Crippen LogP contribution in [0.1, 0.15) is 29.8 Å². The summed E-state index contributed by atoms with van der Waals surface area (Å²) >= 11 is 0. The summed E-state index contributed by atoms with van der Waals surface area (Å²) in [7, 11) is 1.76. The molecule has 2 aromatic rings. The lowest BCUT2D eigenvalue weighted by molar-refractivity contribution is 0.0740. The number of nitrogens with two attached hydrogens (primary N) is 1. The Kier molecular flexibility index (Phi) is 8.47. The number of hydrogen-bond acceptors (Lipinski definition) is 3. The summed E-state index contributed by atoms with van der Waals surface area (Å²) in [6, 6.07) is 14.1. The zero-order chi connectivity index (χ0) is 20.0. The number of amides is 3. The summed E-state index contributed by atoms with van der Waals surface area (Å²) in [4.78, 5) is 26.6. The highest BCUT2D eigenvalue weighted by Crippen LogP contribution is 2.20. The molecular weight excluding hydrogens is 376 g/mol. The molecule has 7 heteroatoms. The number of urea groups is 1. The molecule has 0 heterocycles. The standard InChI is InChI=1S/C21H28N4O2.ClH/c1-15-10-11-16(19(26)25(4)14-21(2,3)13-22)12-18(15)24-20(27)23-17-8-6-5-7-9-17;/h5-12H,13-14,22H2,1-4H3,(H2,23,24,27);1H. The van der Waals surface area contributed by atoms with Gasteiger partial charge < -0.3 is 21.3 Å². The van der Waals surface area contributed by atoms with Crippen molar-refractivity contribution in [2.45, 2.75) is 20.8 Å². The SMILES string of the molecule is Cc1ccc(C(=O)N(C)CC(C)(C)CN)cc1NC(=O)Nc1ccccc1.Cl. The fraction of sp³-hybridized carbons (Fsp3) is 0.333. The molecule has 2 rings (SSSR count). The molecule has 0 bridgehead atoms. The number of hydrogen-bond donors (Lipinski definition) is 3. The highest BCUT2D eigenvalue weighted by molar-refractivity contribution is 6.02. The Balaban J connectivity index is 0.00000392. The summed E-state index contributed by atoms with van der Waals surface area (Å²) < 4.78 is 0. The van der Waals surface area contributed by atoms with Crippen LogP contribution in [-0.4, -0.2) is 37.0 Å². The number of benzene rings is 2. The number of anilines is 2. The molecule has 28 heavy (non-hydrogen) atoms. The lowest BCUT2D eigenvalue weighted by Crippen LogP contribution is -2.39. The van der Waals surface area contributed by atoms with E-state index in [-0.39, 0.29) is 29.8 Å². The molecule has 2 aromatic carbocycles. The first kappa shape index (κ1) is 23.5. The number of rotatable bonds is 6. The van der Waals surface area contributed by atoms with E-state index in [4.69, 9.17) is 5.73 Å². The molecule has 0 aliphatic heterocycles. The minimum Gasteiger partial charge on any atom is -0.341 e. The molecule has 3 amide bonds. The van der Waals surface area contributed by atoms with Gasteiger partial charge in [-0.15, -0.1) is 12.4 Å². The van der Waals surface area contributed by atoms with Crippen molar-refractivity contribution in [2.24, 2.45) is 11.1 Å². The average Bonchev–Trinajstić information content (AvgIpc) is 2.63. The predicted octanol–water partition coefficient (Wildman–Crippen LogP) is 4.12. The van der Waals surface area contributed by atoms with E-state index in [1.54, 1.807) is 36.2 Å². The van der Waals surface area contributed by atoms with Crippen LogP contribution in [0.2, 0.25) is 0 Å². The molecule has 6 nitrogen and oxygen atoms in total. The second-order valence-electron chi connectivity index (χ2n) is 7.50. The second kappa shape index (κ2) is 10.1. The third-order valence-corrected chi connectivity index (χ3v) is 4.33. The summed E-state index contributed by atoms with van der Waals surface area (Å²) in [6.45, 7) is 6.96. The molecule has 0 saturated heterocycles. The van der Waals surface area contributed by atoms with Gasteiger partial charge in [0.2, 0.25) is 0 Å². The third kappa shape index (κ3) is 6.55. The highest BCUT2D eigenvalue weighted by Gasteiger charge is 2.22. The second-order valence-corrected chi connectivity index (χ2v) is 7.50. The zero-order valence-corrected chi connectivity index (χ0v) is 17.6. The number of para-hydroxylation sites is 1. The molecule has 0 unspecified atom stereocenters. The smallest absolute Gasteiger partial charge is 0.323 e. The van der Waals surface area contributed by atoms with Crippen LogP contribution in [0.4, 0.5) is 16.2 Å². The van der Waals surface area contributed by atoms with Crippen LogP contribution >= 0.6 is 12.4 Å². The lowest BCUT2D eigenvalue weighted by atomic mass is 9.93. The Hall–Kier alpha value is -2.57. The average molecular weight is 405 g/mol. The van der Waals surface area contributed by atoms with Crippen molar-refractivity contribution in [2.75, 3.05) is 30.8 Å². The molecular formula is C21H29ClN4O2. The topological polar surface area (TPSA) is 87.5 Å². The minimum atomic E-state index is -0.355.